The number of anilines is 4. The zero-order chi connectivity index (χ0) is 33.1. The number of hydrogen-bond acceptors (Lipinski definition) is 8. The Morgan fingerprint density at radius 2 is 1.65 bits per heavy atom. The van der Waals surface area contributed by atoms with E-state index < -0.39 is 12.7 Å². The molecule has 4 aromatic rings. The first kappa shape index (κ1) is 32.9. The highest BCUT2D eigenvalue weighted by atomic mass is 35.5. The van der Waals surface area contributed by atoms with Gasteiger partial charge in [-0.15, -0.1) is 0 Å². The van der Waals surface area contributed by atoms with Crippen LogP contribution in [0.25, 0.3) is 11.3 Å². The van der Waals surface area contributed by atoms with Gasteiger partial charge in [-0.05, 0) is 81.3 Å². The van der Waals surface area contributed by atoms with Gasteiger partial charge in [-0.2, -0.15) is 13.8 Å². The summed E-state index contributed by atoms with van der Waals surface area (Å²) >= 11 is 6.19. The summed E-state index contributed by atoms with van der Waals surface area (Å²) in [7, 11) is 3.61. The van der Waals surface area contributed by atoms with Crippen molar-refractivity contribution in [3.63, 3.8) is 0 Å². The molecule has 1 saturated heterocycles. The molecule has 0 spiro atoms. The Kier molecular flexibility index (Phi) is 9.93. The standard InChI is InChI=1S/C34H37ClF2N6O3/c1-20-8-11-26(23(4)22(20)3)27-19-31(46-34(44)42(6)29-17-24(35)9-7-21(29)2)40-33(39-27)38-25-10-12-28(30(18-25)45-32(36)37)43-15-13-41(5)14-16-43/h7-12,17-19,32H,13-16H2,1-6H3,(H,38,39,40). The Morgan fingerprint density at radius 3 is 2.37 bits per heavy atom. The van der Waals surface area contributed by atoms with Crippen molar-refractivity contribution >= 4 is 40.7 Å². The Balaban J connectivity index is 1.50. The van der Waals surface area contributed by atoms with Crippen molar-refractivity contribution in [1.29, 1.82) is 0 Å². The number of alkyl halides is 2. The largest absolute Gasteiger partial charge is 0.433 e. The van der Waals surface area contributed by atoms with Crippen LogP contribution in [0, 0.1) is 27.7 Å². The zero-order valence-corrected chi connectivity index (χ0v) is 27.5. The van der Waals surface area contributed by atoms with Crippen LogP contribution in [0.15, 0.2) is 54.6 Å². The fraction of sp³-hybridized carbons (Fsp3) is 0.324. The predicted molar refractivity (Wildman–Crippen MR) is 178 cm³/mol. The number of piperazine rings is 1. The fourth-order valence-corrected chi connectivity index (χ4v) is 5.49. The lowest BCUT2D eigenvalue weighted by molar-refractivity contribution is -0.0495. The molecular weight excluding hydrogens is 614 g/mol. The number of carbonyl (C=O) groups excluding carboxylic acids is 1. The Morgan fingerprint density at radius 1 is 0.935 bits per heavy atom. The van der Waals surface area contributed by atoms with Gasteiger partial charge in [-0.3, -0.25) is 4.90 Å². The van der Waals surface area contributed by atoms with Crippen LogP contribution in [0.1, 0.15) is 22.3 Å². The van der Waals surface area contributed by atoms with Crippen LogP contribution in [-0.4, -0.2) is 67.8 Å². The van der Waals surface area contributed by atoms with Gasteiger partial charge in [0.2, 0.25) is 11.8 Å². The number of nitrogens with zero attached hydrogens (tertiary/aromatic N) is 5. The third-order valence-electron chi connectivity index (χ3n) is 8.31. The van der Waals surface area contributed by atoms with Crippen molar-refractivity contribution in [2.75, 3.05) is 55.4 Å². The highest BCUT2D eigenvalue weighted by Crippen LogP contribution is 2.35. The van der Waals surface area contributed by atoms with Crippen molar-refractivity contribution in [3.05, 3.63) is 81.9 Å². The maximum Gasteiger partial charge on any atom is 0.420 e. The second-order valence-corrected chi connectivity index (χ2v) is 11.9. The molecule has 0 radical (unpaired) electrons. The van der Waals surface area contributed by atoms with E-state index in [1.54, 1.807) is 37.4 Å². The number of likely N-dealkylation sites (N-methyl/N-ethyl adjacent to an activating group) is 1. The maximum atomic E-state index is 13.5. The Labute approximate surface area is 272 Å². The summed E-state index contributed by atoms with van der Waals surface area (Å²) in [5.41, 5.74) is 7.01. The molecule has 1 N–H and O–H groups in total. The van der Waals surface area contributed by atoms with E-state index in [1.807, 2.05) is 57.8 Å². The first-order valence-corrected chi connectivity index (χ1v) is 15.2. The van der Waals surface area contributed by atoms with E-state index in [0.29, 0.717) is 40.9 Å². The quantitative estimate of drug-likeness (QED) is 0.207. The molecule has 3 aromatic carbocycles. The highest BCUT2D eigenvalue weighted by molar-refractivity contribution is 6.31. The lowest BCUT2D eigenvalue weighted by atomic mass is 9.97. The van der Waals surface area contributed by atoms with Crippen molar-refractivity contribution < 1.29 is 23.0 Å². The van der Waals surface area contributed by atoms with Crippen LogP contribution in [0.4, 0.5) is 36.6 Å². The third-order valence-corrected chi connectivity index (χ3v) is 8.55. The molecular formula is C34H37ClF2N6O3. The molecule has 12 heteroatoms. The summed E-state index contributed by atoms with van der Waals surface area (Å²) in [6, 6.07) is 15.8. The molecule has 1 aliphatic heterocycles. The number of benzene rings is 3. The summed E-state index contributed by atoms with van der Waals surface area (Å²) < 4.78 is 37.7. The number of ether oxygens (including phenoxy) is 2. The molecule has 9 nitrogen and oxygen atoms in total. The van der Waals surface area contributed by atoms with Gasteiger partial charge < -0.3 is 24.6 Å². The molecule has 242 valence electrons. The number of rotatable bonds is 8. The van der Waals surface area contributed by atoms with Gasteiger partial charge in [-0.25, -0.2) is 9.78 Å². The predicted octanol–water partition coefficient (Wildman–Crippen LogP) is 7.76. The zero-order valence-electron chi connectivity index (χ0n) is 26.7. The first-order chi connectivity index (χ1) is 21.9. The summed E-state index contributed by atoms with van der Waals surface area (Å²) in [4.78, 5) is 28.1. The van der Waals surface area contributed by atoms with E-state index in [4.69, 9.17) is 26.1 Å². The minimum absolute atomic E-state index is 0.000213. The smallest absolute Gasteiger partial charge is 0.420 e. The van der Waals surface area contributed by atoms with Crippen molar-refractivity contribution in [2.24, 2.45) is 0 Å². The number of carbonyl (C=O) groups is 1. The molecule has 1 aromatic heterocycles. The lowest BCUT2D eigenvalue weighted by Gasteiger charge is -2.34. The fourth-order valence-electron chi connectivity index (χ4n) is 5.32. The number of halogens is 3. The minimum Gasteiger partial charge on any atom is -0.433 e. The van der Waals surface area contributed by atoms with Crippen molar-refractivity contribution in [1.82, 2.24) is 14.9 Å². The number of aryl methyl sites for hydroxylation is 2. The van der Waals surface area contributed by atoms with Gasteiger partial charge in [0.1, 0.15) is 0 Å². The number of nitrogens with one attached hydrogen (secondary N) is 1. The van der Waals surface area contributed by atoms with Gasteiger partial charge in [-0.1, -0.05) is 29.8 Å². The van der Waals surface area contributed by atoms with Gasteiger partial charge >= 0.3 is 12.7 Å². The molecule has 1 fully saturated rings. The molecule has 1 aliphatic rings. The molecule has 0 bridgehead atoms. The molecule has 2 heterocycles. The second kappa shape index (κ2) is 13.9. The summed E-state index contributed by atoms with van der Waals surface area (Å²) in [5, 5.41) is 3.59. The molecule has 46 heavy (non-hydrogen) atoms. The molecule has 0 atom stereocenters. The maximum absolute atomic E-state index is 13.5. The average molecular weight is 651 g/mol. The molecule has 0 unspecified atom stereocenters. The second-order valence-electron chi connectivity index (χ2n) is 11.4. The monoisotopic (exact) mass is 650 g/mol. The SMILES string of the molecule is Cc1ccc(Cl)cc1N(C)C(=O)Oc1cc(-c2ccc(C)c(C)c2C)nc(Nc2ccc(N3CCN(C)CC3)c(OC(F)F)c2)n1. The molecule has 1 amide bonds. The van der Waals surface area contributed by atoms with Crippen LogP contribution in [0.5, 0.6) is 11.6 Å². The topological polar surface area (TPSA) is 83.1 Å². The summed E-state index contributed by atoms with van der Waals surface area (Å²) in [6.07, 6.45) is -0.679. The number of amides is 1. The number of hydrogen-bond donors (Lipinski definition) is 1. The summed E-state index contributed by atoms with van der Waals surface area (Å²) in [6.45, 7) is 7.90. The highest BCUT2D eigenvalue weighted by Gasteiger charge is 2.22. The van der Waals surface area contributed by atoms with Gasteiger partial charge in [0.15, 0.2) is 5.75 Å². The van der Waals surface area contributed by atoms with E-state index in [2.05, 4.69) is 15.2 Å². The van der Waals surface area contributed by atoms with E-state index in [0.717, 1.165) is 40.9 Å². The lowest BCUT2D eigenvalue weighted by Crippen LogP contribution is -2.44. The molecule has 0 saturated carbocycles. The summed E-state index contributed by atoms with van der Waals surface area (Å²) in [5.74, 6) is 0.144. The third kappa shape index (κ3) is 7.48. The van der Waals surface area contributed by atoms with E-state index in [9.17, 15) is 13.6 Å². The van der Waals surface area contributed by atoms with E-state index >= 15 is 0 Å². The Hall–Kier alpha value is -4.48. The van der Waals surface area contributed by atoms with Crippen molar-refractivity contribution in [3.8, 4) is 22.9 Å². The minimum atomic E-state index is -3.00. The normalized spacial score (nSPS) is 13.6. The van der Waals surface area contributed by atoms with Gasteiger partial charge in [0.25, 0.3) is 0 Å². The first-order valence-electron chi connectivity index (χ1n) is 14.9. The van der Waals surface area contributed by atoms with Gasteiger partial charge in [0.05, 0.1) is 17.1 Å². The molecule has 0 aliphatic carbocycles. The van der Waals surface area contributed by atoms with Gasteiger partial charge in [0, 0.05) is 61.6 Å². The van der Waals surface area contributed by atoms with Crippen LogP contribution in [0.2, 0.25) is 5.02 Å². The van der Waals surface area contributed by atoms with Crippen LogP contribution >= 0.6 is 11.6 Å². The van der Waals surface area contributed by atoms with Crippen LogP contribution in [-0.2, 0) is 0 Å². The van der Waals surface area contributed by atoms with Crippen LogP contribution < -0.4 is 24.6 Å². The van der Waals surface area contributed by atoms with E-state index in [1.165, 1.54) is 11.0 Å². The number of aromatic nitrogens is 2. The van der Waals surface area contributed by atoms with E-state index in [-0.39, 0.29) is 17.6 Å². The molecule has 5 rings (SSSR count). The van der Waals surface area contributed by atoms with Crippen molar-refractivity contribution in [2.45, 2.75) is 34.3 Å². The Bertz CT molecular complexity index is 1750. The van der Waals surface area contributed by atoms with Crippen LogP contribution in [0.3, 0.4) is 0 Å². The average Bonchev–Trinajstić information content (AvgIpc) is 3.01.